The van der Waals surface area contributed by atoms with Crippen molar-refractivity contribution >= 4 is 50.1 Å². The van der Waals surface area contributed by atoms with Crippen LogP contribution in [0.5, 0.6) is 5.75 Å². The number of carbonyl (C=O) groups is 2. The van der Waals surface area contributed by atoms with Gasteiger partial charge >= 0.3 is 0 Å². The van der Waals surface area contributed by atoms with Crippen molar-refractivity contribution in [3.63, 3.8) is 0 Å². The van der Waals surface area contributed by atoms with Crippen LogP contribution >= 0.6 is 22.9 Å². The molecule has 0 spiro atoms. The number of hydrogen-bond acceptors (Lipinski definition) is 5. The van der Waals surface area contributed by atoms with Gasteiger partial charge in [0.25, 0.3) is 0 Å². The Morgan fingerprint density at radius 2 is 2.25 bits per heavy atom. The molecule has 2 heterocycles. The molecule has 0 saturated carbocycles. The Morgan fingerprint density at radius 1 is 1.42 bits per heavy atom. The van der Waals surface area contributed by atoms with E-state index in [1.807, 2.05) is 0 Å². The summed E-state index contributed by atoms with van der Waals surface area (Å²) >= 11 is 7.43. The van der Waals surface area contributed by atoms with Crippen LogP contribution in [0.2, 0.25) is 5.02 Å². The number of amides is 2. The summed E-state index contributed by atoms with van der Waals surface area (Å²) in [7, 11) is 1.55. The molecule has 8 heteroatoms. The molecule has 128 valence electrons. The number of benzene rings is 1. The monoisotopic (exact) mass is 367 g/mol. The fourth-order valence-electron chi connectivity index (χ4n) is 2.68. The van der Waals surface area contributed by atoms with Gasteiger partial charge in [0.2, 0.25) is 11.8 Å². The predicted molar refractivity (Wildman–Crippen MR) is 94.9 cm³/mol. The number of ether oxygens (including phenoxy) is 1. The lowest BCUT2D eigenvalue weighted by atomic mass is 10.2. The fourth-order valence-corrected chi connectivity index (χ4v) is 3.80. The normalized spacial score (nSPS) is 15.4. The Hall–Kier alpha value is -1.86. The molecule has 1 saturated heterocycles. The molecule has 0 aliphatic carbocycles. The van der Waals surface area contributed by atoms with Crippen LogP contribution in [0.25, 0.3) is 10.2 Å². The molecular formula is C16H18ClN3O3S. The Balaban J connectivity index is 1.69. The molecule has 1 aliphatic rings. The van der Waals surface area contributed by atoms with Gasteiger partial charge in [-0.2, -0.15) is 0 Å². The molecule has 0 atom stereocenters. The maximum atomic E-state index is 12.2. The van der Waals surface area contributed by atoms with E-state index in [1.54, 1.807) is 24.1 Å². The van der Waals surface area contributed by atoms with Crippen LogP contribution in [0.4, 0.5) is 5.13 Å². The van der Waals surface area contributed by atoms with Gasteiger partial charge in [-0.3, -0.25) is 9.59 Å². The first-order chi connectivity index (χ1) is 11.6. The molecule has 1 fully saturated rings. The maximum absolute atomic E-state index is 12.2. The summed E-state index contributed by atoms with van der Waals surface area (Å²) in [5.41, 5.74) is 0.701. The Morgan fingerprint density at radius 3 is 3.04 bits per heavy atom. The van der Waals surface area contributed by atoms with E-state index < -0.39 is 0 Å². The smallest absolute Gasteiger partial charge is 0.245 e. The van der Waals surface area contributed by atoms with Crippen LogP contribution in [-0.4, -0.2) is 41.9 Å². The predicted octanol–water partition coefficient (Wildman–Crippen LogP) is 3.30. The molecule has 0 unspecified atom stereocenters. The average Bonchev–Trinajstić information content (AvgIpc) is 2.81. The highest BCUT2D eigenvalue weighted by Crippen LogP contribution is 2.34. The van der Waals surface area contributed by atoms with Crippen molar-refractivity contribution in [2.75, 3.05) is 25.5 Å². The van der Waals surface area contributed by atoms with Gasteiger partial charge in [-0.1, -0.05) is 29.4 Å². The number of anilines is 1. The molecule has 1 aromatic carbocycles. The second-order valence-electron chi connectivity index (χ2n) is 5.65. The van der Waals surface area contributed by atoms with E-state index in [9.17, 15) is 9.59 Å². The molecule has 1 N–H and O–H groups in total. The van der Waals surface area contributed by atoms with Crippen molar-refractivity contribution in [3.8, 4) is 5.75 Å². The van der Waals surface area contributed by atoms with Gasteiger partial charge in [0, 0.05) is 19.0 Å². The van der Waals surface area contributed by atoms with Crippen molar-refractivity contribution in [1.29, 1.82) is 0 Å². The Kier molecular flexibility index (Phi) is 5.20. The highest BCUT2D eigenvalue weighted by atomic mass is 35.5. The lowest BCUT2D eigenvalue weighted by Gasteiger charge is -2.19. The molecule has 1 aliphatic heterocycles. The van der Waals surface area contributed by atoms with Gasteiger partial charge in [0.15, 0.2) is 5.13 Å². The van der Waals surface area contributed by atoms with Crippen LogP contribution in [-0.2, 0) is 9.59 Å². The number of nitrogens with zero attached hydrogens (tertiary/aromatic N) is 2. The first kappa shape index (κ1) is 17.0. The molecule has 24 heavy (non-hydrogen) atoms. The largest absolute Gasteiger partial charge is 0.495 e. The van der Waals surface area contributed by atoms with E-state index in [0.29, 0.717) is 34.4 Å². The van der Waals surface area contributed by atoms with Crippen LogP contribution in [0, 0.1) is 0 Å². The molecule has 0 bridgehead atoms. The number of fused-ring (bicyclic) bond motifs is 1. The zero-order chi connectivity index (χ0) is 17.1. The minimum Gasteiger partial charge on any atom is -0.495 e. The van der Waals surface area contributed by atoms with Crippen LogP contribution in [0.15, 0.2) is 12.1 Å². The topological polar surface area (TPSA) is 71.5 Å². The van der Waals surface area contributed by atoms with E-state index in [-0.39, 0.29) is 18.4 Å². The van der Waals surface area contributed by atoms with E-state index in [1.165, 1.54) is 11.3 Å². The summed E-state index contributed by atoms with van der Waals surface area (Å²) in [6.45, 7) is 0.706. The third-order valence-electron chi connectivity index (χ3n) is 3.91. The second kappa shape index (κ2) is 7.36. The molecule has 6 nitrogen and oxygen atoms in total. The molecule has 2 aromatic rings. The Bertz CT molecular complexity index is 777. The van der Waals surface area contributed by atoms with Crippen molar-refractivity contribution in [2.45, 2.75) is 25.7 Å². The fraction of sp³-hybridized carbons (Fsp3) is 0.438. The maximum Gasteiger partial charge on any atom is 0.245 e. The second-order valence-corrected chi connectivity index (χ2v) is 7.09. The lowest BCUT2D eigenvalue weighted by molar-refractivity contribution is -0.134. The molecule has 2 amide bonds. The number of halogens is 1. The summed E-state index contributed by atoms with van der Waals surface area (Å²) in [5, 5.41) is 3.73. The molecule has 3 rings (SSSR count). The number of carbonyl (C=O) groups excluding carboxylic acids is 2. The highest BCUT2D eigenvalue weighted by molar-refractivity contribution is 7.22. The minimum absolute atomic E-state index is 0.0449. The van der Waals surface area contributed by atoms with Gasteiger partial charge in [0.05, 0.1) is 28.9 Å². The minimum atomic E-state index is -0.234. The van der Waals surface area contributed by atoms with Crippen LogP contribution in [0.3, 0.4) is 0 Å². The number of rotatable bonds is 4. The van der Waals surface area contributed by atoms with E-state index in [0.717, 1.165) is 24.0 Å². The zero-order valence-electron chi connectivity index (χ0n) is 13.3. The van der Waals surface area contributed by atoms with Crippen LogP contribution < -0.4 is 10.1 Å². The molecular weight excluding hydrogens is 350 g/mol. The average molecular weight is 368 g/mol. The first-order valence-electron chi connectivity index (χ1n) is 7.78. The molecule has 0 radical (unpaired) electrons. The van der Waals surface area contributed by atoms with Gasteiger partial charge in [-0.25, -0.2) is 4.98 Å². The summed E-state index contributed by atoms with van der Waals surface area (Å²) in [6.07, 6.45) is 3.40. The summed E-state index contributed by atoms with van der Waals surface area (Å²) in [5.74, 6) is 0.381. The number of hydrogen-bond donors (Lipinski definition) is 1. The number of nitrogens with one attached hydrogen (secondary N) is 1. The van der Waals surface area contributed by atoms with Crippen molar-refractivity contribution in [2.24, 2.45) is 0 Å². The van der Waals surface area contributed by atoms with Gasteiger partial charge in [-0.15, -0.1) is 0 Å². The van der Waals surface area contributed by atoms with Crippen LogP contribution in [0.1, 0.15) is 25.7 Å². The van der Waals surface area contributed by atoms with E-state index >= 15 is 0 Å². The van der Waals surface area contributed by atoms with Gasteiger partial charge in [0.1, 0.15) is 5.75 Å². The van der Waals surface area contributed by atoms with Crippen molar-refractivity contribution in [3.05, 3.63) is 17.2 Å². The Labute approximate surface area is 148 Å². The van der Waals surface area contributed by atoms with Crippen molar-refractivity contribution in [1.82, 2.24) is 9.88 Å². The van der Waals surface area contributed by atoms with Gasteiger partial charge < -0.3 is 15.0 Å². The highest BCUT2D eigenvalue weighted by Gasteiger charge is 2.20. The number of aromatic nitrogens is 1. The third-order valence-corrected chi connectivity index (χ3v) is 5.14. The standard InChI is InChI=1S/C16H18ClN3O3S/c1-23-12-8-13-11(7-10(12)17)18-16(24-13)19-14(21)9-20-6-4-2-3-5-15(20)22/h7-8H,2-6,9H2,1H3,(H,18,19,21). The zero-order valence-corrected chi connectivity index (χ0v) is 14.9. The quantitative estimate of drug-likeness (QED) is 0.899. The van der Waals surface area contributed by atoms with E-state index in [2.05, 4.69) is 10.3 Å². The van der Waals surface area contributed by atoms with E-state index in [4.69, 9.17) is 16.3 Å². The van der Waals surface area contributed by atoms with Gasteiger partial charge in [-0.05, 0) is 18.9 Å². The SMILES string of the molecule is COc1cc2sc(NC(=O)CN3CCCCCC3=O)nc2cc1Cl. The summed E-state index contributed by atoms with van der Waals surface area (Å²) in [6, 6.07) is 3.50. The first-order valence-corrected chi connectivity index (χ1v) is 8.98. The number of methoxy groups -OCH3 is 1. The third kappa shape index (κ3) is 3.79. The summed E-state index contributed by atoms with van der Waals surface area (Å²) < 4.78 is 6.06. The van der Waals surface area contributed by atoms with Crippen molar-refractivity contribution < 1.29 is 14.3 Å². The summed E-state index contributed by atoms with van der Waals surface area (Å²) in [4.78, 5) is 30.2. The lowest BCUT2D eigenvalue weighted by Crippen LogP contribution is -2.37. The number of likely N-dealkylation sites (tertiary alicyclic amines) is 1. The molecule has 1 aromatic heterocycles. The number of thiazole rings is 1.